The quantitative estimate of drug-likeness (QED) is 0.488. The summed E-state index contributed by atoms with van der Waals surface area (Å²) in [5.74, 6) is 0.953. The zero-order chi connectivity index (χ0) is 20.7. The minimum atomic E-state index is -0.303. The first-order valence-corrected chi connectivity index (χ1v) is 10.6. The van der Waals surface area contributed by atoms with Crippen molar-refractivity contribution >= 4 is 43.5 Å². The average Bonchev–Trinajstić information content (AvgIpc) is 2.59. The van der Waals surface area contributed by atoms with Crippen molar-refractivity contribution in [1.29, 1.82) is 0 Å². The van der Waals surface area contributed by atoms with E-state index >= 15 is 0 Å². The van der Waals surface area contributed by atoms with E-state index in [1.54, 1.807) is 0 Å². The molecule has 0 saturated heterocycles. The molecule has 0 aliphatic carbocycles. The first-order valence-electron chi connectivity index (χ1n) is 9.06. The second-order valence-electron chi connectivity index (χ2n) is 7.29. The van der Waals surface area contributed by atoms with E-state index in [-0.39, 0.29) is 18.1 Å². The van der Waals surface area contributed by atoms with Crippen LogP contribution in [0.15, 0.2) is 45.3 Å². The summed E-state index contributed by atoms with van der Waals surface area (Å²) < 4.78 is 13.3. The van der Waals surface area contributed by atoms with Gasteiger partial charge in [-0.05, 0) is 85.6 Å². The van der Waals surface area contributed by atoms with Crippen LogP contribution < -0.4 is 20.1 Å². The fraction of sp³-hybridized carbons (Fsp3) is 0.381. The van der Waals surface area contributed by atoms with Gasteiger partial charge >= 0.3 is 0 Å². The highest BCUT2D eigenvalue weighted by Crippen LogP contribution is 2.37. The topological polar surface area (TPSA) is 59.6 Å². The average molecular weight is 514 g/mol. The maximum absolute atomic E-state index is 12.1. The van der Waals surface area contributed by atoms with Gasteiger partial charge in [0.25, 0.3) is 5.91 Å². The van der Waals surface area contributed by atoms with Crippen LogP contribution in [0.3, 0.4) is 0 Å². The van der Waals surface area contributed by atoms with Crippen molar-refractivity contribution in [2.45, 2.75) is 39.8 Å². The lowest BCUT2D eigenvalue weighted by molar-refractivity contribution is -0.124. The van der Waals surface area contributed by atoms with Gasteiger partial charge in [-0.3, -0.25) is 4.79 Å². The Morgan fingerprint density at radius 1 is 1.07 bits per heavy atom. The van der Waals surface area contributed by atoms with Crippen molar-refractivity contribution in [2.75, 3.05) is 18.5 Å². The molecule has 2 N–H and O–H groups in total. The Morgan fingerprint density at radius 2 is 1.75 bits per heavy atom. The molecule has 2 aromatic rings. The minimum absolute atomic E-state index is 0.0770. The van der Waals surface area contributed by atoms with Crippen molar-refractivity contribution in [3.05, 3.63) is 50.9 Å². The van der Waals surface area contributed by atoms with Crippen LogP contribution >= 0.6 is 31.9 Å². The first-order chi connectivity index (χ1) is 13.2. The van der Waals surface area contributed by atoms with Gasteiger partial charge in [-0.25, -0.2) is 0 Å². The molecule has 2 aromatic carbocycles. The Balaban J connectivity index is 2.09. The molecule has 0 aliphatic heterocycles. The number of rotatable bonds is 8. The molecule has 0 saturated carbocycles. The summed E-state index contributed by atoms with van der Waals surface area (Å²) in [6.07, 6.45) is 0. The van der Waals surface area contributed by atoms with E-state index in [0.29, 0.717) is 24.7 Å². The van der Waals surface area contributed by atoms with Gasteiger partial charge in [0.15, 0.2) is 18.1 Å². The molecule has 0 fully saturated rings. The molecule has 0 unspecified atom stereocenters. The fourth-order valence-corrected chi connectivity index (χ4v) is 3.36. The standard InChI is InChI=1S/C21H26Br2N2O3/c1-5-27-18-11-14(12-24-16-8-6-15(22)7-9-16)10-17(23)20(18)28-13-19(26)25-21(2,3)4/h6-11,24H,5,12-13H2,1-4H3,(H,25,26). The molecule has 0 atom stereocenters. The minimum Gasteiger partial charge on any atom is -0.490 e. The van der Waals surface area contributed by atoms with Gasteiger partial charge in [0, 0.05) is 22.2 Å². The summed E-state index contributed by atoms with van der Waals surface area (Å²) in [4.78, 5) is 12.1. The third-order valence-corrected chi connectivity index (χ3v) is 4.69. The number of carbonyl (C=O) groups is 1. The van der Waals surface area contributed by atoms with Crippen molar-refractivity contribution in [1.82, 2.24) is 5.32 Å². The maximum atomic E-state index is 12.1. The summed E-state index contributed by atoms with van der Waals surface area (Å²) in [7, 11) is 0. The highest BCUT2D eigenvalue weighted by Gasteiger charge is 2.17. The predicted molar refractivity (Wildman–Crippen MR) is 120 cm³/mol. The number of carbonyl (C=O) groups excluding carboxylic acids is 1. The lowest BCUT2D eigenvalue weighted by Crippen LogP contribution is -2.43. The molecular formula is C21H26Br2N2O3. The summed E-state index contributed by atoms with van der Waals surface area (Å²) in [5.41, 5.74) is 1.75. The van der Waals surface area contributed by atoms with Gasteiger partial charge in [0.2, 0.25) is 0 Å². The van der Waals surface area contributed by atoms with E-state index in [9.17, 15) is 4.79 Å². The summed E-state index contributed by atoms with van der Waals surface area (Å²) in [5, 5.41) is 6.26. The van der Waals surface area contributed by atoms with Crippen LogP contribution in [0, 0.1) is 0 Å². The van der Waals surface area contributed by atoms with Gasteiger partial charge in [-0.15, -0.1) is 0 Å². The lowest BCUT2D eigenvalue weighted by atomic mass is 10.1. The molecule has 0 aliphatic rings. The van der Waals surface area contributed by atoms with Crippen molar-refractivity contribution in [2.24, 2.45) is 0 Å². The monoisotopic (exact) mass is 512 g/mol. The Morgan fingerprint density at radius 3 is 2.36 bits per heavy atom. The van der Waals surface area contributed by atoms with Gasteiger partial charge in [-0.2, -0.15) is 0 Å². The Labute approximate surface area is 183 Å². The summed E-state index contributed by atoms with van der Waals surface area (Å²) >= 11 is 6.98. The molecule has 2 rings (SSSR count). The third-order valence-electron chi connectivity index (χ3n) is 3.57. The highest BCUT2D eigenvalue weighted by atomic mass is 79.9. The Hall–Kier alpha value is -1.73. The van der Waals surface area contributed by atoms with E-state index in [2.05, 4.69) is 42.5 Å². The van der Waals surface area contributed by atoms with E-state index < -0.39 is 0 Å². The molecule has 0 radical (unpaired) electrons. The molecule has 0 aromatic heterocycles. The smallest absolute Gasteiger partial charge is 0.258 e. The molecule has 28 heavy (non-hydrogen) atoms. The third kappa shape index (κ3) is 7.36. The van der Waals surface area contributed by atoms with E-state index in [4.69, 9.17) is 9.47 Å². The Kier molecular flexibility index (Phi) is 8.19. The van der Waals surface area contributed by atoms with Gasteiger partial charge in [-0.1, -0.05) is 15.9 Å². The second-order valence-corrected chi connectivity index (χ2v) is 9.06. The number of halogens is 2. The number of benzene rings is 2. The van der Waals surface area contributed by atoms with Crippen LogP contribution in [0.1, 0.15) is 33.3 Å². The lowest BCUT2D eigenvalue weighted by Gasteiger charge is -2.21. The van der Waals surface area contributed by atoms with Crippen LogP contribution in [0.5, 0.6) is 11.5 Å². The summed E-state index contributed by atoms with van der Waals surface area (Å²) in [6, 6.07) is 11.9. The molecule has 0 spiro atoms. The van der Waals surface area contributed by atoms with Crippen molar-refractivity contribution < 1.29 is 14.3 Å². The van der Waals surface area contributed by atoms with E-state index in [0.717, 1.165) is 20.2 Å². The summed E-state index contributed by atoms with van der Waals surface area (Å²) in [6.45, 7) is 8.76. The molecule has 0 bridgehead atoms. The van der Waals surface area contributed by atoms with Crippen molar-refractivity contribution in [3.63, 3.8) is 0 Å². The zero-order valence-corrected chi connectivity index (χ0v) is 19.7. The number of hydrogen-bond acceptors (Lipinski definition) is 4. The molecule has 5 nitrogen and oxygen atoms in total. The number of nitrogens with one attached hydrogen (secondary N) is 2. The van der Waals surface area contributed by atoms with E-state index in [1.165, 1.54) is 0 Å². The maximum Gasteiger partial charge on any atom is 0.258 e. The Bertz CT molecular complexity index is 803. The molecule has 152 valence electrons. The van der Waals surface area contributed by atoms with Crippen LogP contribution in [0.2, 0.25) is 0 Å². The number of ether oxygens (including phenoxy) is 2. The van der Waals surface area contributed by atoms with Crippen LogP contribution in [-0.4, -0.2) is 24.7 Å². The SMILES string of the molecule is CCOc1cc(CNc2ccc(Br)cc2)cc(Br)c1OCC(=O)NC(C)(C)C. The molecular weight excluding hydrogens is 488 g/mol. The predicted octanol–water partition coefficient (Wildman–Crippen LogP) is 5.52. The highest BCUT2D eigenvalue weighted by molar-refractivity contribution is 9.10. The normalized spacial score (nSPS) is 11.1. The molecule has 7 heteroatoms. The molecule has 0 heterocycles. The number of amides is 1. The van der Waals surface area contributed by atoms with E-state index in [1.807, 2.05) is 64.1 Å². The second kappa shape index (κ2) is 10.2. The van der Waals surface area contributed by atoms with Crippen molar-refractivity contribution in [3.8, 4) is 11.5 Å². The van der Waals surface area contributed by atoms with Crippen LogP contribution in [0.25, 0.3) is 0 Å². The van der Waals surface area contributed by atoms with Gasteiger partial charge in [0.05, 0.1) is 11.1 Å². The molecule has 1 amide bonds. The van der Waals surface area contributed by atoms with Crippen LogP contribution in [-0.2, 0) is 11.3 Å². The number of anilines is 1. The van der Waals surface area contributed by atoms with Gasteiger partial charge in [0.1, 0.15) is 0 Å². The first kappa shape index (κ1) is 22.6. The van der Waals surface area contributed by atoms with Crippen LogP contribution in [0.4, 0.5) is 5.69 Å². The number of hydrogen-bond donors (Lipinski definition) is 2. The van der Waals surface area contributed by atoms with Gasteiger partial charge < -0.3 is 20.1 Å². The zero-order valence-electron chi connectivity index (χ0n) is 16.6. The fourth-order valence-electron chi connectivity index (χ4n) is 2.49. The largest absolute Gasteiger partial charge is 0.490 e.